The van der Waals surface area contributed by atoms with E-state index in [9.17, 15) is 4.79 Å². The first-order chi connectivity index (χ1) is 10.0. The van der Waals surface area contributed by atoms with Crippen molar-refractivity contribution in [2.24, 2.45) is 5.92 Å². The van der Waals surface area contributed by atoms with E-state index < -0.39 is 8.56 Å². The molecular weight excluding hydrogens is 300 g/mol. The van der Waals surface area contributed by atoms with Gasteiger partial charge in [-0.2, -0.15) is 0 Å². The van der Waals surface area contributed by atoms with Gasteiger partial charge in [-0.15, -0.1) is 0 Å². The maximum atomic E-state index is 12.2. The molecule has 0 amide bonds. The summed E-state index contributed by atoms with van der Waals surface area (Å²) in [4.78, 5) is 12.4. The van der Waals surface area contributed by atoms with Crippen LogP contribution in [0.25, 0.3) is 0 Å². The predicted octanol–water partition coefficient (Wildman–Crippen LogP) is 4.68. The average molecular weight is 333 g/mol. The van der Waals surface area contributed by atoms with Crippen LogP contribution in [0, 0.1) is 5.92 Å². The standard InChI is InChI=1S/C16H32O3SSi/c1-5-7-8-9-10-11-15(17)20-16(6-2)21(4)18-12-14(3)13-19-21/h14,16H,5-13H2,1-4H3. The zero-order valence-electron chi connectivity index (χ0n) is 14.2. The molecule has 3 nitrogen and oxygen atoms in total. The summed E-state index contributed by atoms with van der Waals surface area (Å²) in [6, 6.07) is 0. The monoisotopic (exact) mass is 332 g/mol. The Kier molecular flexibility index (Phi) is 9.17. The van der Waals surface area contributed by atoms with Crippen LogP contribution < -0.4 is 0 Å². The predicted molar refractivity (Wildman–Crippen MR) is 92.7 cm³/mol. The van der Waals surface area contributed by atoms with E-state index in [-0.39, 0.29) is 4.87 Å². The molecule has 1 rings (SSSR count). The molecule has 1 atom stereocenters. The lowest BCUT2D eigenvalue weighted by atomic mass is 10.1. The second kappa shape index (κ2) is 10.0. The minimum absolute atomic E-state index is 0.230. The zero-order chi connectivity index (χ0) is 15.7. The van der Waals surface area contributed by atoms with Gasteiger partial charge in [0.1, 0.15) is 0 Å². The number of thioether (sulfide) groups is 1. The highest BCUT2D eigenvalue weighted by Gasteiger charge is 2.44. The van der Waals surface area contributed by atoms with Crippen molar-refractivity contribution in [3.63, 3.8) is 0 Å². The normalized spacial score (nSPS) is 27.5. The lowest BCUT2D eigenvalue weighted by Gasteiger charge is -2.38. The van der Waals surface area contributed by atoms with E-state index in [4.69, 9.17) is 8.85 Å². The van der Waals surface area contributed by atoms with Gasteiger partial charge in [-0.3, -0.25) is 4.79 Å². The highest BCUT2D eigenvalue weighted by Crippen LogP contribution is 2.32. The van der Waals surface area contributed by atoms with Crippen LogP contribution in [0.15, 0.2) is 0 Å². The van der Waals surface area contributed by atoms with Crippen molar-refractivity contribution in [1.82, 2.24) is 0 Å². The minimum atomic E-state index is -2.19. The second-order valence-electron chi connectivity index (χ2n) is 6.29. The summed E-state index contributed by atoms with van der Waals surface area (Å²) in [5.74, 6) is 0.474. The lowest BCUT2D eigenvalue weighted by molar-refractivity contribution is -0.111. The number of hydrogen-bond acceptors (Lipinski definition) is 4. The third kappa shape index (κ3) is 6.85. The van der Waals surface area contributed by atoms with Gasteiger partial charge < -0.3 is 8.85 Å². The summed E-state index contributed by atoms with van der Waals surface area (Å²) in [5.41, 5.74) is 0. The Morgan fingerprint density at radius 3 is 2.38 bits per heavy atom. The van der Waals surface area contributed by atoms with Gasteiger partial charge in [-0.05, 0) is 19.4 Å². The fraction of sp³-hybridized carbons (Fsp3) is 0.938. The summed E-state index contributed by atoms with van der Waals surface area (Å²) in [6.07, 6.45) is 7.63. The fourth-order valence-electron chi connectivity index (χ4n) is 2.54. The van der Waals surface area contributed by atoms with Gasteiger partial charge in [0.15, 0.2) is 5.12 Å². The molecule has 1 aliphatic heterocycles. The van der Waals surface area contributed by atoms with Gasteiger partial charge in [0, 0.05) is 25.6 Å². The summed E-state index contributed by atoms with van der Waals surface area (Å²) in [7, 11) is -2.19. The van der Waals surface area contributed by atoms with Crippen molar-refractivity contribution in [3.8, 4) is 0 Å². The Morgan fingerprint density at radius 2 is 1.81 bits per heavy atom. The third-order valence-electron chi connectivity index (χ3n) is 4.02. The molecular formula is C16H32O3SSi. The maximum Gasteiger partial charge on any atom is 0.348 e. The number of hydrogen-bond donors (Lipinski definition) is 0. The zero-order valence-corrected chi connectivity index (χ0v) is 16.0. The molecule has 124 valence electrons. The largest absolute Gasteiger partial charge is 0.393 e. The molecule has 21 heavy (non-hydrogen) atoms. The summed E-state index contributed by atoms with van der Waals surface area (Å²) in [5, 5.41) is 0.317. The summed E-state index contributed by atoms with van der Waals surface area (Å²) in [6.45, 7) is 10.2. The van der Waals surface area contributed by atoms with Crippen LogP contribution in [0.3, 0.4) is 0 Å². The quantitative estimate of drug-likeness (QED) is 0.454. The first-order valence-corrected chi connectivity index (χ1v) is 11.8. The van der Waals surface area contributed by atoms with Crippen LogP contribution in [-0.2, 0) is 13.6 Å². The molecule has 1 saturated heterocycles. The van der Waals surface area contributed by atoms with Gasteiger partial charge in [0.2, 0.25) is 0 Å². The first-order valence-electron chi connectivity index (χ1n) is 8.49. The lowest BCUT2D eigenvalue weighted by Crippen LogP contribution is -2.54. The number of carbonyl (C=O) groups is 1. The Labute approximate surface area is 135 Å². The van der Waals surface area contributed by atoms with E-state index >= 15 is 0 Å². The van der Waals surface area contributed by atoms with E-state index in [2.05, 4.69) is 27.3 Å². The van der Waals surface area contributed by atoms with Gasteiger partial charge in [-0.25, -0.2) is 0 Å². The Balaban J connectivity index is 2.33. The molecule has 0 aromatic carbocycles. The van der Waals surface area contributed by atoms with Crippen LogP contribution in [0.1, 0.15) is 65.7 Å². The molecule has 0 radical (unpaired) electrons. The van der Waals surface area contributed by atoms with Crippen LogP contribution in [0.5, 0.6) is 0 Å². The highest BCUT2D eigenvalue weighted by atomic mass is 32.2. The molecule has 0 bridgehead atoms. The van der Waals surface area contributed by atoms with Crippen LogP contribution in [0.4, 0.5) is 0 Å². The van der Waals surface area contributed by atoms with Gasteiger partial charge in [0.05, 0.1) is 4.87 Å². The second-order valence-corrected chi connectivity index (χ2v) is 11.3. The maximum absolute atomic E-state index is 12.2. The van der Waals surface area contributed by atoms with E-state index in [1.165, 1.54) is 37.4 Å². The summed E-state index contributed by atoms with van der Waals surface area (Å²) < 4.78 is 12.1. The SMILES string of the molecule is CCCCCCCC(=O)SC(CC)[Si]1(C)OCC(C)CO1. The molecule has 1 aliphatic rings. The molecule has 0 aromatic heterocycles. The van der Waals surface area contributed by atoms with Gasteiger partial charge in [-0.1, -0.05) is 58.2 Å². The van der Waals surface area contributed by atoms with Crippen molar-refractivity contribution < 1.29 is 13.6 Å². The van der Waals surface area contributed by atoms with Gasteiger partial charge in [0.25, 0.3) is 0 Å². The minimum Gasteiger partial charge on any atom is -0.393 e. The molecule has 5 heteroatoms. The molecule has 1 unspecified atom stereocenters. The van der Waals surface area contributed by atoms with Crippen molar-refractivity contribution in [1.29, 1.82) is 0 Å². The van der Waals surface area contributed by atoms with Crippen molar-refractivity contribution in [2.75, 3.05) is 13.2 Å². The molecule has 0 aliphatic carbocycles. The van der Waals surface area contributed by atoms with E-state index in [1.807, 2.05) is 0 Å². The summed E-state index contributed by atoms with van der Waals surface area (Å²) >= 11 is 1.49. The molecule has 1 fully saturated rings. The van der Waals surface area contributed by atoms with E-state index in [1.54, 1.807) is 0 Å². The van der Waals surface area contributed by atoms with E-state index in [0.29, 0.717) is 17.5 Å². The molecule has 0 spiro atoms. The average Bonchev–Trinajstić information content (AvgIpc) is 2.47. The highest BCUT2D eigenvalue weighted by molar-refractivity contribution is 8.15. The fourth-order valence-corrected chi connectivity index (χ4v) is 7.38. The van der Waals surface area contributed by atoms with E-state index in [0.717, 1.165) is 26.1 Å². The van der Waals surface area contributed by atoms with Crippen molar-refractivity contribution in [3.05, 3.63) is 0 Å². The Bertz CT molecular complexity index is 304. The van der Waals surface area contributed by atoms with Gasteiger partial charge >= 0.3 is 8.56 Å². The smallest absolute Gasteiger partial charge is 0.348 e. The third-order valence-corrected chi connectivity index (χ3v) is 9.80. The molecule has 0 aromatic rings. The number of rotatable bonds is 9. The molecule has 0 saturated carbocycles. The first kappa shape index (κ1) is 19.2. The van der Waals surface area contributed by atoms with Crippen molar-refractivity contribution in [2.45, 2.75) is 77.1 Å². The van der Waals surface area contributed by atoms with Crippen LogP contribution >= 0.6 is 11.8 Å². The Morgan fingerprint density at radius 1 is 1.19 bits per heavy atom. The topological polar surface area (TPSA) is 35.5 Å². The number of unbranched alkanes of at least 4 members (excludes halogenated alkanes) is 4. The Hall–Kier alpha value is 0.157. The van der Waals surface area contributed by atoms with Crippen LogP contribution in [-0.4, -0.2) is 31.8 Å². The molecule has 1 heterocycles. The molecule has 0 N–H and O–H groups in total. The van der Waals surface area contributed by atoms with Crippen molar-refractivity contribution >= 4 is 25.4 Å². The number of carbonyl (C=O) groups excluding carboxylic acids is 1. The van der Waals surface area contributed by atoms with Crippen LogP contribution in [0.2, 0.25) is 6.55 Å².